The standard InChI is InChI=1S/C12H15NO3/c13-12(6-1-7-16-8-12)10-4-2-9(3-5-10)11(14)15/h2-5H,1,6-8,13H2,(H,14,15). The Hall–Kier alpha value is -1.39. The van der Waals surface area contributed by atoms with Crippen LogP contribution in [0.2, 0.25) is 0 Å². The molecule has 0 amide bonds. The molecule has 0 radical (unpaired) electrons. The van der Waals surface area contributed by atoms with E-state index < -0.39 is 11.5 Å². The molecule has 1 aliphatic rings. The van der Waals surface area contributed by atoms with Crippen molar-refractivity contribution in [3.05, 3.63) is 35.4 Å². The van der Waals surface area contributed by atoms with Gasteiger partial charge in [0.1, 0.15) is 0 Å². The Kier molecular flexibility index (Phi) is 2.94. The lowest BCUT2D eigenvalue weighted by molar-refractivity contribution is 0.0367. The topological polar surface area (TPSA) is 72.6 Å². The lowest BCUT2D eigenvalue weighted by atomic mass is 9.85. The Balaban J connectivity index is 2.23. The largest absolute Gasteiger partial charge is 0.478 e. The highest BCUT2D eigenvalue weighted by Crippen LogP contribution is 2.27. The summed E-state index contributed by atoms with van der Waals surface area (Å²) >= 11 is 0. The number of nitrogens with two attached hydrogens (primary N) is 1. The third-order valence-electron chi connectivity index (χ3n) is 2.98. The highest BCUT2D eigenvalue weighted by Gasteiger charge is 2.30. The molecule has 1 atom stereocenters. The van der Waals surface area contributed by atoms with Gasteiger partial charge in [0.05, 0.1) is 17.7 Å². The Labute approximate surface area is 94.0 Å². The molecule has 16 heavy (non-hydrogen) atoms. The van der Waals surface area contributed by atoms with Gasteiger partial charge in [0, 0.05) is 6.61 Å². The molecule has 1 aromatic carbocycles. The van der Waals surface area contributed by atoms with Gasteiger partial charge in [0.2, 0.25) is 0 Å². The molecule has 1 fully saturated rings. The molecule has 4 nitrogen and oxygen atoms in total. The average molecular weight is 221 g/mol. The van der Waals surface area contributed by atoms with Crippen molar-refractivity contribution in [3.63, 3.8) is 0 Å². The van der Waals surface area contributed by atoms with Gasteiger partial charge in [-0.15, -0.1) is 0 Å². The second-order valence-corrected chi connectivity index (χ2v) is 4.19. The van der Waals surface area contributed by atoms with Crippen LogP contribution in [-0.2, 0) is 10.3 Å². The van der Waals surface area contributed by atoms with Crippen LogP contribution in [-0.4, -0.2) is 24.3 Å². The van der Waals surface area contributed by atoms with Crippen LogP contribution in [0.3, 0.4) is 0 Å². The predicted molar refractivity (Wildman–Crippen MR) is 59.3 cm³/mol. The zero-order valence-corrected chi connectivity index (χ0v) is 8.98. The minimum atomic E-state index is -0.919. The van der Waals surface area contributed by atoms with E-state index in [0.29, 0.717) is 6.61 Å². The monoisotopic (exact) mass is 221 g/mol. The number of ether oxygens (including phenoxy) is 1. The number of aromatic carboxylic acids is 1. The quantitative estimate of drug-likeness (QED) is 0.790. The van der Waals surface area contributed by atoms with Gasteiger partial charge in [0.15, 0.2) is 0 Å². The average Bonchev–Trinajstić information content (AvgIpc) is 2.30. The SMILES string of the molecule is NC1(c2ccc(C(=O)O)cc2)CCCOC1. The van der Waals surface area contributed by atoms with Crippen molar-refractivity contribution in [1.82, 2.24) is 0 Å². The minimum Gasteiger partial charge on any atom is -0.478 e. The van der Waals surface area contributed by atoms with Crippen molar-refractivity contribution in [2.24, 2.45) is 5.73 Å². The Morgan fingerprint density at radius 1 is 1.38 bits per heavy atom. The van der Waals surface area contributed by atoms with Crippen molar-refractivity contribution in [1.29, 1.82) is 0 Å². The molecule has 0 spiro atoms. The number of rotatable bonds is 2. The fourth-order valence-corrected chi connectivity index (χ4v) is 1.99. The smallest absolute Gasteiger partial charge is 0.335 e. The van der Waals surface area contributed by atoms with E-state index in [9.17, 15) is 4.79 Å². The van der Waals surface area contributed by atoms with Crippen molar-refractivity contribution >= 4 is 5.97 Å². The molecule has 2 rings (SSSR count). The molecule has 1 aromatic rings. The fraction of sp³-hybridized carbons (Fsp3) is 0.417. The molecule has 1 aliphatic heterocycles. The molecule has 4 heteroatoms. The van der Waals surface area contributed by atoms with Gasteiger partial charge in [0.25, 0.3) is 0 Å². The van der Waals surface area contributed by atoms with E-state index in [-0.39, 0.29) is 5.56 Å². The number of hydrogen-bond donors (Lipinski definition) is 2. The molecule has 86 valence electrons. The predicted octanol–water partition coefficient (Wildman–Crippen LogP) is 1.35. The van der Waals surface area contributed by atoms with Crippen molar-refractivity contribution in [3.8, 4) is 0 Å². The van der Waals surface area contributed by atoms with E-state index >= 15 is 0 Å². The lowest BCUT2D eigenvalue weighted by Crippen LogP contribution is -2.44. The van der Waals surface area contributed by atoms with E-state index in [1.807, 2.05) is 0 Å². The van der Waals surface area contributed by atoms with Crippen LogP contribution >= 0.6 is 0 Å². The molecule has 1 unspecified atom stereocenters. The zero-order valence-electron chi connectivity index (χ0n) is 8.98. The first-order valence-corrected chi connectivity index (χ1v) is 5.32. The number of carbonyl (C=O) groups is 1. The van der Waals surface area contributed by atoms with Gasteiger partial charge in [-0.3, -0.25) is 0 Å². The van der Waals surface area contributed by atoms with Crippen LogP contribution in [0.25, 0.3) is 0 Å². The Morgan fingerprint density at radius 2 is 2.06 bits per heavy atom. The summed E-state index contributed by atoms with van der Waals surface area (Å²) in [5.74, 6) is -0.919. The van der Waals surface area contributed by atoms with E-state index in [0.717, 1.165) is 25.0 Å². The summed E-state index contributed by atoms with van der Waals surface area (Å²) in [7, 11) is 0. The molecule has 1 saturated heterocycles. The molecule has 0 aliphatic carbocycles. The van der Waals surface area contributed by atoms with E-state index in [4.69, 9.17) is 15.6 Å². The molecule has 1 heterocycles. The number of hydrogen-bond acceptors (Lipinski definition) is 3. The van der Waals surface area contributed by atoms with Crippen LogP contribution in [0.4, 0.5) is 0 Å². The van der Waals surface area contributed by atoms with Gasteiger partial charge in [-0.1, -0.05) is 12.1 Å². The van der Waals surface area contributed by atoms with Gasteiger partial charge in [-0.25, -0.2) is 4.79 Å². The maximum absolute atomic E-state index is 10.7. The highest BCUT2D eigenvalue weighted by atomic mass is 16.5. The second kappa shape index (κ2) is 4.23. The lowest BCUT2D eigenvalue weighted by Gasteiger charge is -2.33. The summed E-state index contributed by atoms with van der Waals surface area (Å²) in [5, 5.41) is 8.79. The molecular weight excluding hydrogens is 206 g/mol. The first-order valence-electron chi connectivity index (χ1n) is 5.32. The maximum atomic E-state index is 10.7. The van der Waals surface area contributed by atoms with Gasteiger partial charge in [-0.2, -0.15) is 0 Å². The molecule has 3 N–H and O–H groups in total. The second-order valence-electron chi connectivity index (χ2n) is 4.19. The number of carboxylic acid groups (broad SMARTS) is 1. The molecule has 0 saturated carbocycles. The van der Waals surface area contributed by atoms with Crippen LogP contribution in [0.5, 0.6) is 0 Å². The first kappa shape index (κ1) is 11.1. The normalized spacial score (nSPS) is 25.3. The summed E-state index contributed by atoms with van der Waals surface area (Å²) in [4.78, 5) is 10.7. The van der Waals surface area contributed by atoms with Crippen LogP contribution in [0.1, 0.15) is 28.8 Å². The van der Waals surface area contributed by atoms with Crippen LogP contribution in [0.15, 0.2) is 24.3 Å². The van der Waals surface area contributed by atoms with Gasteiger partial charge in [-0.05, 0) is 30.5 Å². The molecular formula is C12H15NO3. The Bertz CT molecular complexity index is 380. The maximum Gasteiger partial charge on any atom is 0.335 e. The molecule has 0 aromatic heterocycles. The number of benzene rings is 1. The van der Waals surface area contributed by atoms with E-state index in [1.54, 1.807) is 24.3 Å². The van der Waals surface area contributed by atoms with Crippen molar-refractivity contribution in [2.45, 2.75) is 18.4 Å². The Morgan fingerprint density at radius 3 is 2.56 bits per heavy atom. The summed E-state index contributed by atoms with van der Waals surface area (Å²) in [6, 6.07) is 6.72. The van der Waals surface area contributed by atoms with E-state index in [1.165, 1.54) is 0 Å². The van der Waals surface area contributed by atoms with Gasteiger partial charge >= 0.3 is 5.97 Å². The summed E-state index contributed by atoms with van der Waals surface area (Å²) < 4.78 is 5.38. The van der Waals surface area contributed by atoms with Gasteiger partial charge < -0.3 is 15.6 Å². The summed E-state index contributed by atoms with van der Waals surface area (Å²) in [6.45, 7) is 1.26. The van der Waals surface area contributed by atoms with Crippen molar-refractivity contribution < 1.29 is 14.6 Å². The van der Waals surface area contributed by atoms with Crippen LogP contribution < -0.4 is 5.73 Å². The van der Waals surface area contributed by atoms with E-state index in [2.05, 4.69) is 0 Å². The first-order chi connectivity index (χ1) is 7.62. The minimum absolute atomic E-state index is 0.282. The summed E-state index contributed by atoms with van der Waals surface area (Å²) in [5.41, 5.74) is 6.99. The summed E-state index contributed by atoms with van der Waals surface area (Å²) in [6.07, 6.45) is 1.82. The fourth-order valence-electron chi connectivity index (χ4n) is 1.99. The highest BCUT2D eigenvalue weighted by molar-refractivity contribution is 5.87. The zero-order chi connectivity index (χ0) is 11.6. The van der Waals surface area contributed by atoms with Crippen LogP contribution in [0, 0.1) is 0 Å². The third kappa shape index (κ3) is 2.08. The molecule has 0 bridgehead atoms. The van der Waals surface area contributed by atoms with Crippen molar-refractivity contribution in [2.75, 3.05) is 13.2 Å². The number of carboxylic acids is 1. The third-order valence-corrected chi connectivity index (χ3v) is 2.98.